The molecule has 3 aromatic rings. The summed E-state index contributed by atoms with van der Waals surface area (Å²) < 4.78 is 7.04. The first kappa shape index (κ1) is 22.4. The predicted molar refractivity (Wildman–Crippen MR) is 127 cm³/mol. The van der Waals surface area contributed by atoms with Crippen LogP contribution in [0.1, 0.15) is 71.0 Å². The van der Waals surface area contributed by atoms with Gasteiger partial charge in [0.15, 0.2) is 0 Å². The van der Waals surface area contributed by atoms with Crippen molar-refractivity contribution in [1.29, 1.82) is 0 Å². The summed E-state index contributed by atoms with van der Waals surface area (Å²) in [5.74, 6) is 0.0364. The molecule has 1 heterocycles. The Morgan fingerprint density at radius 2 is 1.79 bits per heavy atom. The van der Waals surface area contributed by atoms with E-state index in [9.17, 15) is 9.59 Å². The van der Waals surface area contributed by atoms with Crippen molar-refractivity contribution in [3.63, 3.8) is 0 Å². The number of ether oxygens (including phenoxy) is 1. The molecule has 1 aliphatic carbocycles. The van der Waals surface area contributed by atoms with E-state index in [4.69, 9.17) is 16.2 Å². The molecule has 5 N–H and O–H groups in total. The molecule has 8 heteroatoms. The number of amides is 2. The van der Waals surface area contributed by atoms with Crippen molar-refractivity contribution in [3.05, 3.63) is 65.2 Å². The van der Waals surface area contributed by atoms with E-state index in [-0.39, 0.29) is 23.6 Å². The zero-order valence-electron chi connectivity index (χ0n) is 18.9. The molecule has 33 heavy (non-hydrogen) atoms. The van der Waals surface area contributed by atoms with Crippen LogP contribution in [0, 0.1) is 0 Å². The molecule has 2 aromatic carbocycles. The average Bonchev–Trinajstić information content (AvgIpc) is 3.46. The number of hydrogen-bond donors (Lipinski definition) is 3. The smallest absolute Gasteiger partial charge is 0.255 e. The van der Waals surface area contributed by atoms with E-state index in [1.165, 1.54) is 7.11 Å². The highest BCUT2D eigenvalue weighted by Crippen LogP contribution is 2.35. The normalized spacial score (nSPS) is 14.7. The lowest BCUT2D eigenvalue weighted by molar-refractivity contribution is 0.0935. The number of nitrogen functional groups attached to an aromatic ring is 1. The van der Waals surface area contributed by atoms with Gasteiger partial charge >= 0.3 is 0 Å². The second-order valence-electron chi connectivity index (χ2n) is 8.37. The van der Waals surface area contributed by atoms with Gasteiger partial charge in [-0.25, -0.2) is 4.68 Å². The van der Waals surface area contributed by atoms with Crippen LogP contribution >= 0.6 is 0 Å². The van der Waals surface area contributed by atoms with Crippen LogP contribution in [0.2, 0.25) is 0 Å². The molecule has 1 unspecified atom stereocenters. The molecule has 8 nitrogen and oxygen atoms in total. The standard InChI is InChI=1S/C25H29N5O3/c1-15(28-25(32)19-9-5-6-10-20(19)33-2)16-11-13-17(14-12-16)22-21(24(27)31)23(26)30(29-22)18-7-3-4-8-18/h5-6,9-15,18H,3-4,7-8,26H2,1-2H3,(H2,27,31)(H,28,32). The number of benzene rings is 2. The van der Waals surface area contributed by atoms with E-state index in [1.54, 1.807) is 22.9 Å². The molecule has 1 saturated carbocycles. The summed E-state index contributed by atoms with van der Waals surface area (Å²) in [6, 6.07) is 14.6. The molecular formula is C25H29N5O3. The Bertz CT molecular complexity index is 1160. The van der Waals surface area contributed by atoms with Crippen LogP contribution in [0.15, 0.2) is 48.5 Å². The van der Waals surface area contributed by atoms with Crippen molar-refractivity contribution in [2.75, 3.05) is 12.8 Å². The van der Waals surface area contributed by atoms with Crippen LogP contribution < -0.4 is 21.5 Å². The monoisotopic (exact) mass is 447 g/mol. The van der Waals surface area contributed by atoms with E-state index in [2.05, 4.69) is 10.4 Å². The van der Waals surface area contributed by atoms with Crippen molar-refractivity contribution >= 4 is 17.6 Å². The van der Waals surface area contributed by atoms with Gasteiger partial charge in [0.25, 0.3) is 11.8 Å². The van der Waals surface area contributed by atoms with Crippen molar-refractivity contribution < 1.29 is 14.3 Å². The van der Waals surface area contributed by atoms with Crippen molar-refractivity contribution in [3.8, 4) is 17.0 Å². The quantitative estimate of drug-likeness (QED) is 0.507. The number of rotatable bonds is 7. The van der Waals surface area contributed by atoms with Gasteiger partial charge in [-0.2, -0.15) is 5.10 Å². The zero-order valence-corrected chi connectivity index (χ0v) is 18.9. The Balaban J connectivity index is 1.56. The van der Waals surface area contributed by atoms with Crippen molar-refractivity contribution in [2.45, 2.75) is 44.7 Å². The van der Waals surface area contributed by atoms with Gasteiger partial charge in [0, 0.05) is 5.56 Å². The third-order valence-electron chi connectivity index (χ3n) is 6.25. The lowest BCUT2D eigenvalue weighted by Gasteiger charge is -2.16. The zero-order chi connectivity index (χ0) is 23.5. The van der Waals surface area contributed by atoms with E-state index in [0.717, 1.165) is 36.8 Å². The molecule has 2 amide bonds. The summed E-state index contributed by atoms with van der Waals surface area (Å²) in [6.45, 7) is 1.91. The summed E-state index contributed by atoms with van der Waals surface area (Å²) >= 11 is 0. The molecule has 4 rings (SSSR count). The van der Waals surface area contributed by atoms with Crippen LogP contribution in [0.4, 0.5) is 5.82 Å². The topological polar surface area (TPSA) is 125 Å². The molecule has 1 aliphatic rings. The fourth-order valence-corrected chi connectivity index (χ4v) is 4.44. The Morgan fingerprint density at radius 3 is 2.42 bits per heavy atom. The first-order valence-electron chi connectivity index (χ1n) is 11.1. The number of nitrogens with zero attached hydrogens (tertiary/aromatic N) is 2. The number of primary amides is 1. The molecular weight excluding hydrogens is 418 g/mol. The van der Waals surface area contributed by atoms with E-state index >= 15 is 0 Å². The number of carbonyl (C=O) groups is 2. The van der Waals surface area contributed by atoms with E-state index in [0.29, 0.717) is 22.8 Å². The highest BCUT2D eigenvalue weighted by molar-refractivity contribution is 6.03. The van der Waals surface area contributed by atoms with Gasteiger partial charge in [0.2, 0.25) is 0 Å². The van der Waals surface area contributed by atoms with E-state index in [1.807, 2.05) is 37.3 Å². The fourth-order valence-electron chi connectivity index (χ4n) is 4.44. The molecule has 0 bridgehead atoms. The van der Waals surface area contributed by atoms with Crippen LogP contribution in [0.3, 0.4) is 0 Å². The Morgan fingerprint density at radius 1 is 1.12 bits per heavy atom. The maximum absolute atomic E-state index is 12.7. The fraction of sp³-hybridized carbons (Fsp3) is 0.320. The molecule has 172 valence electrons. The maximum Gasteiger partial charge on any atom is 0.255 e. The lowest BCUT2D eigenvalue weighted by Crippen LogP contribution is -2.27. The summed E-state index contributed by atoms with van der Waals surface area (Å²) in [5.41, 5.74) is 14.8. The van der Waals surface area contributed by atoms with Crippen molar-refractivity contribution in [2.24, 2.45) is 5.73 Å². The van der Waals surface area contributed by atoms with Crippen molar-refractivity contribution in [1.82, 2.24) is 15.1 Å². The summed E-state index contributed by atoms with van der Waals surface area (Å²) in [4.78, 5) is 24.9. The second-order valence-corrected chi connectivity index (χ2v) is 8.37. The van der Waals surface area contributed by atoms with Gasteiger partial charge in [0.1, 0.15) is 22.8 Å². The molecule has 1 aromatic heterocycles. The van der Waals surface area contributed by atoms with Gasteiger partial charge in [-0.1, -0.05) is 49.2 Å². The van der Waals surface area contributed by atoms with Gasteiger partial charge in [-0.3, -0.25) is 9.59 Å². The Hall–Kier alpha value is -3.81. The summed E-state index contributed by atoms with van der Waals surface area (Å²) in [5, 5.41) is 7.67. The summed E-state index contributed by atoms with van der Waals surface area (Å²) in [6.07, 6.45) is 4.23. The largest absolute Gasteiger partial charge is 0.496 e. The number of para-hydroxylation sites is 1. The molecule has 0 aliphatic heterocycles. The number of anilines is 1. The third kappa shape index (κ3) is 4.41. The Kier molecular flexibility index (Phi) is 6.35. The van der Waals surface area contributed by atoms with Crippen LogP contribution in [0.5, 0.6) is 5.75 Å². The minimum Gasteiger partial charge on any atom is -0.496 e. The molecule has 1 fully saturated rings. The van der Waals surface area contributed by atoms with E-state index < -0.39 is 5.91 Å². The highest BCUT2D eigenvalue weighted by Gasteiger charge is 2.27. The maximum atomic E-state index is 12.7. The number of methoxy groups -OCH3 is 1. The number of aromatic nitrogens is 2. The molecule has 0 radical (unpaired) electrons. The third-order valence-corrected chi connectivity index (χ3v) is 6.25. The average molecular weight is 448 g/mol. The number of carbonyl (C=O) groups excluding carboxylic acids is 2. The first-order valence-corrected chi connectivity index (χ1v) is 11.1. The SMILES string of the molecule is COc1ccccc1C(=O)NC(C)c1ccc(-c2nn(C3CCCC3)c(N)c2C(N)=O)cc1. The Labute approximate surface area is 192 Å². The number of nitrogens with two attached hydrogens (primary N) is 2. The molecule has 1 atom stereocenters. The minimum atomic E-state index is -0.590. The molecule has 0 saturated heterocycles. The van der Waals surface area contributed by atoms with Gasteiger partial charge in [-0.05, 0) is 37.5 Å². The number of nitrogens with one attached hydrogen (secondary N) is 1. The van der Waals surface area contributed by atoms with Crippen LogP contribution in [-0.2, 0) is 0 Å². The summed E-state index contributed by atoms with van der Waals surface area (Å²) in [7, 11) is 1.54. The number of hydrogen-bond acceptors (Lipinski definition) is 5. The predicted octanol–water partition coefficient (Wildman–Crippen LogP) is 3.85. The minimum absolute atomic E-state index is 0.196. The van der Waals surface area contributed by atoms with Gasteiger partial charge < -0.3 is 21.5 Å². The second kappa shape index (κ2) is 9.36. The van der Waals surface area contributed by atoms with Crippen LogP contribution in [-0.4, -0.2) is 28.7 Å². The van der Waals surface area contributed by atoms with Gasteiger partial charge in [-0.15, -0.1) is 0 Å². The van der Waals surface area contributed by atoms with Crippen LogP contribution in [0.25, 0.3) is 11.3 Å². The van der Waals surface area contributed by atoms with Gasteiger partial charge in [0.05, 0.1) is 24.8 Å². The highest BCUT2D eigenvalue weighted by atomic mass is 16.5. The lowest BCUT2D eigenvalue weighted by atomic mass is 10.0. The molecule has 0 spiro atoms. The first-order chi connectivity index (χ1) is 15.9.